The molecule has 0 spiro atoms. The minimum Gasteiger partial charge on any atom is -0.492 e. The molecule has 0 aliphatic heterocycles. The summed E-state index contributed by atoms with van der Waals surface area (Å²) in [6.45, 7) is 5.46. The lowest BCUT2D eigenvalue weighted by molar-refractivity contribution is 0.0937. The number of benzene rings is 2. The number of aryl methyl sites for hydroxylation is 1. The van der Waals surface area contributed by atoms with E-state index in [9.17, 15) is 4.79 Å². The standard InChI is InChI=1S/C20H23N3O3/c1-4-26-19-8-6-5-7-18(19)23-14(2)22-16-13-15(9-10-17(16)23)20(24)21-11-12-25-3/h5-10,13H,4,11-12H2,1-3H3,(H,21,24). The van der Waals surface area contributed by atoms with Crippen molar-refractivity contribution in [1.82, 2.24) is 14.9 Å². The fraction of sp³-hybridized carbons (Fsp3) is 0.300. The average molecular weight is 353 g/mol. The first-order valence-corrected chi connectivity index (χ1v) is 8.64. The summed E-state index contributed by atoms with van der Waals surface area (Å²) in [7, 11) is 1.60. The van der Waals surface area contributed by atoms with Crippen molar-refractivity contribution in [3.8, 4) is 11.4 Å². The van der Waals surface area contributed by atoms with Crippen molar-refractivity contribution in [2.45, 2.75) is 13.8 Å². The van der Waals surface area contributed by atoms with Crippen LogP contribution >= 0.6 is 0 Å². The van der Waals surface area contributed by atoms with Gasteiger partial charge in [0.25, 0.3) is 5.91 Å². The Hall–Kier alpha value is -2.86. The zero-order valence-corrected chi connectivity index (χ0v) is 15.3. The molecule has 0 unspecified atom stereocenters. The molecule has 0 fully saturated rings. The average Bonchev–Trinajstić information content (AvgIpc) is 2.97. The maximum atomic E-state index is 12.2. The molecule has 1 heterocycles. The van der Waals surface area contributed by atoms with Gasteiger partial charge in [-0.1, -0.05) is 12.1 Å². The van der Waals surface area contributed by atoms with Gasteiger partial charge in [-0.3, -0.25) is 9.36 Å². The lowest BCUT2D eigenvalue weighted by Gasteiger charge is -2.13. The Morgan fingerprint density at radius 3 is 2.81 bits per heavy atom. The summed E-state index contributed by atoms with van der Waals surface area (Å²) in [6, 6.07) is 13.4. The van der Waals surface area contributed by atoms with Crippen LogP contribution in [0.2, 0.25) is 0 Å². The van der Waals surface area contributed by atoms with Gasteiger partial charge in [-0.15, -0.1) is 0 Å². The van der Waals surface area contributed by atoms with Crippen LogP contribution in [-0.4, -0.2) is 42.3 Å². The number of fused-ring (bicyclic) bond motifs is 1. The Kier molecular flexibility index (Phi) is 5.53. The monoisotopic (exact) mass is 353 g/mol. The highest BCUT2D eigenvalue weighted by molar-refractivity contribution is 5.97. The van der Waals surface area contributed by atoms with Gasteiger partial charge >= 0.3 is 0 Å². The van der Waals surface area contributed by atoms with Gasteiger partial charge < -0.3 is 14.8 Å². The quantitative estimate of drug-likeness (QED) is 0.663. The third kappa shape index (κ3) is 3.55. The van der Waals surface area contributed by atoms with Crippen LogP contribution < -0.4 is 10.1 Å². The fourth-order valence-electron chi connectivity index (χ4n) is 2.93. The van der Waals surface area contributed by atoms with Gasteiger partial charge in [-0.25, -0.2) is 4.98 Å². The molecular weight excluding hydrogens is 330 g/mol. The molecule has 1 aromatic heterocycles. The van der Waals surface area contributed by atoms with Crippen LogP contribution in [0.1, 0.15) is 23.1 Å². The highest BCUT2D eigenvalue weighted by Gasteiger charge is 2.15. The van der Waals surface area contributed by atoms with Crippen LogP contribution in [0.4, 0.5) is 0 Å². The summed E-state index contributed by atoms with van der Waals surface area (Å²) >= 11 is 0. The smallest absolute Gasteiger partial charge is 0.251 e. The summed E-state index contributed by atoms with van der Waals surface area (Å²) in [5, 5.41) is 2.83. The van der Waals surface area contributed by atoms with E-state index in [0.717, 1.165) is 28.3 Å². The van der Waals surface area contributed by atoms with E-state index in [1.807, 2.05) is 60.9 Å². The van der Waals surface area contributed by atoms with E-state index in [-0.39, 0.29) is 5.91 Å². The maximum Gasteiger partial charge on any atom is 0.251 e. The second-order valence-electron chi connectivity index (χ2n) is 5.85. The summed E-state index contributed by atoms with van der Waals surface area (Å²) in [4.78, 5) is 16.9. The Bertz CT molecular complexity index is 918. The molecule has 0 saturated carbocycles. The van der Waals surface area contributed by atoms with E-state index >= 15 is 0 Å². The number of carbonyl (C=O) groups excluding carboxylic acids is 1. The number of hydrogen-bond donors (Lipinski definition) is 1. The minimum atomic E-state index is -0.133. The second-order valence-corrected chi connectivity index (χ2v) is 5.85. The van der Waals surface area contributed by atoms with Crippen molar-refractivity contribution < 1.29 is 14.3 Å². The van der Waals surface area contributed by atoms with Gasteiger partial charge in [-0.2, -0.15) is 0 Å². The highest BCUT2D eigenvalue weighted by atomic mass is 16.5. The van der Waals surface area contributed by atoms with Crippen LogP contribution in [0.25, 0.3) is 16.7 Å². The van der Waals surface area contributed by atoms with Crippen LogP contribution in [-0.2, 0) is 4.74 Å². The molecule has 2 aromatic carbocycles. The Morgan fingerprint density at radius 2 is 2.04 bits per heavy atom. The van der Waals surface area contributed by atoms with E-state index in [1.54, 1.807) is 7.11 Å². The van der Waals surface area contributed by atoms with E-state index < -0.39 is 0 Å². The third-order valence-corrected chi connectivity index (χ3v) is 4.08. The zero-order valence-electron chi connectivity index (χ0n) is 15.3. The number of aromatic nitrogens is 2. The Labute approximate surface area is 152 Å². The number of para-hydroxylation sites is 2. The molecule has 0 saturated heterocycles. The first-order valence-electron chi connectivity index (χ1n) is 8.64. The van der Waals surface area contributed by atoms with Crippen LogP contribution in [0, 0.1) is 6.92 Å². The van der Waals surface area contributed by atoms with Gasteiger partial charge in [0.1, 0.15) is 11.6 Å². The van der Waals surface area contributed by atoms with E-state index in [2.05, 4.69) is 10.3 Å². The van der Waals surface area contributed by atoms with Crippen molar-refractivity contribution in [1.29, 1.82) is 0 Å². The number of imidazole rings is 1. The Balaban J connectivity index is 1.99. The molecule has 0 radical (unpaired) electrons. The van der Waals surface area contributed by atoms with Crippen molar-refractivity contribution >= 4 is 16.9 Å². The summed E-state index contributed by atoms with van der Waals surface area (Å²) in [5.74, 6) is 1.51. The lowest BCUT2D eigenvalue weighted by atomic mass is 10.2. The Morgan fingerprint density at radius 1 is 1.23 bits per heavy atom. The topological polar surface area (TPSA) is 65.4 Å². The van der Waals surface area contributed by atoms with Crippen molar-refractivity contribution in [3.05, 3.63) is 53.9 Å². The molecule has 0 atom stereocenters. The number of hydrogen-bond acceptors (Lipinski definition) is 4. The predicted molar refractivity (Wildman–Crippen MR) is 101 cm³/mol. The number of ether oxygens (including phenoxy) is 2. The fourth-order valence-corrected chi connectivity index (χ4v) is 2.93. The molecule has 3 aromatic rings. The largest absolute Gasteiger partial charge is 0.492 e. The van der Waals surface area contributed by atoms with E-state index in [0.29, 0.717) is 25.3 Å². The van der Waals surface area contributed by atoms with Gasteiger partial charge in [0.05, 0.1) is 29.9 Å². The van der Waals surface area contributed by atoms with Gasteiger partial charge in [0.15, 0.2) is 0 Å². The molecule has 3 rings (SSSR count). The molecule has 1 amide bonds. The summed E-state index contributed by atoms with van der Waals surface area (Å²) in [6.07, 6.45) is 0. The van der Waals surface area contributed by atoms with Crippen LogP contribution in [0.3, 0.4) is 0 Å². The number of nitrogens with one attached hydrogen (secondary N) is 1. The predicted octanol–water partition coefficient (Wildman–Crippen LogP) is 3.11. The molecule has 136 valence electrons. The third-order valence-electron chi connectivity index (χ3n) is 4.08. The molecular formula is C20H23N3O3. The maximum absolute atomic E-state index is 12.2. The van der Waals surface area contributed by atoms with Crippen molar-refractivity contribution in [2.24, 2.45) is 0 Å². The highest BCUT2D eigenvalue weighted by Crippen LogP contribution is 2.28. The summed E-state index contributed by atoms with van der Waals surface area (Å²) in [5.41, 5.74) is 3.22. The molecule has 0 bridgehead atoms. The van der Waals surface area contributed by atoms with E-state index in [1.165, 1.54) is 0 Å². The molecule has 0 aliphatic carbocycles. The first-order chi connectivity index (χ1) is 12.7. The molecule has 0 aliphatic rings. The van der Waals surface area contributed by atoms with Gasteiger partial charge in [0.2, 0.25) is 0 Å². The second kappa shape index (κ2) is 8.01. The SMILES string of the molecule is CCOc1ccccc1-n1c(C)nc2cc(C(=O)NCCOC)ccc21. The number of nitrogens with zero attached hydrogens (tertiary/aromatic N) is 2. The molecule has 26 heavy (non-hydrogen) atoms. The summed E-state index contributed by atoms with van der Waals surface area (Å²) < 4.78 is 12.8. The number of rotatable bonds is 7. The van der Waals surface area contributed by atoms with Crippen LogP contribution in [0.15, 0.2) is 42.5 Å². The molecule has 6 nitrogen and oxygen atoms in total. The number of amides is 1. The zero-order chi connectivity index (χ0) is 18.5. The molecule has 1 N–H and O–H groups in total. The van der Waals surface area contributed by atoms with E-state index in [4.69, 9.17) is 9.47 Å². The van der Waals surface area contributed by atoms with Crippen molar-refractivity contribution in [3.63, 3.8) is 0 Å². The van der Waals surface area contributed by atoms with Crippen molar-refractivity contribution in [2.75, 3.05) is 26.9 Å². The number of methoxy groups -OCH3 is 1. The lowest BCUT2D eigenvalue weighted by Crippen LogP contribution is -2.26. The normalized spacial score (nSPS) is 10.9. The molecule has 6 heteroatoms. The van der Waals surface area contributed by atoms with Gasteiger partial charge in [0, 0.05) is 19.2 Å². The minimum absolute atomic E-state index is 0.133. The first kappa shape index (κ1) is 17.9. The number of carbonyl (C=O) groups is 1. The van der Waals surface area contributed by atoms with Gasteiger partial charge in [-0.05, 0) is 44.2 Å². The van der Waals surface area contributed by atoms with Crippen LogP contribution in [0.5, 0.6) is 5.75 Å².